The maximum atomic E-state index is 10.7. The Labute approximate surface area is 94.9 Å². The van der Waals surface area contributed by atoms with Crippen LogP contribution < -0.4 is 0 Å². The van der Waals surface area contributed by atoms with Gasteiger partial charge in [-0.05, 0) is 29.5 Å². The maximum Gasteiger partial charge on any atom is 0.407 e. The van der Waals surface area contributed by atoms with E-state index >= 15 is 0 Å². The molecule has 0 saturated carbocycles. The summed E-state index contributed by atoms with van der Waals surface area (Å²) < 4.78 is 3.05. The monoisotopic (exact) mass is 307 g/mol. The molecule has 2 rings (SSSR count). The smallest absolute Gasteiger partial charge is 0.407 e. The number of amides is 1. The average molecular weight is 307 g/mol. The first kappa shape index (κ1) is 9.75. The fraction of sp³-hybridized carbons (Fsp3) is 0.500. The minimum absolute atomic E-state index is 0.402. The summed E-state index contributed by atoms with van der Waals surface area (Å²) in [4.78, 5) is 16.5. The summed E-state index contributed by atoms with van der Waals surface area (Å²) >= 11 is 2.17. The van der Waals surface area contributed by atoms with Crippen LogP contribution in [0.4, 0.5) is 4.79 Å². The quantitative estimate of drug-likeness (QED) is 0.735. The SMILES string of the molecule is Cc1c(I)nc2n1CCN(C(=O)O)C2. The third-order valence-electron chi connectivity index (χ3n) is 2.44. The van der Waals surface area contributed by atoms with Crippen molar-refractivity contribution in [3.05, 3.63) is 15.2 Å². The van der Waals surface area contributed by atoms with Crippen molar-refractivity contribution < 1.29 is 9.90 Å². The minimum atomic E-state index is -0.869. The van der Waals surface area contributed by atoms with E-state index in [0.29, 0.717) is 19.6 Å². The van der Waals surface area contributed by atoms with Crippen LogP contribution in [0.1, 0.15) is 11.5 Å². The van der Waals surface area contributed by atoms with E-state index in [9.17, 15) is 4.79 Å². The lowest BCUT2D eigenvalue weighted by molar-refractivity contribution is 0.131. The van der Waals surface area contributed by atoms with Crippen LogP contribution in [-0.2, 0) is 13.1 Å². The Morgan fingerprint density at radius 2 is 2.29 bits per heavy atom. The van der Waals surface area contributed by atoms with E-state index in [-0.39, 0.29) is 0 Å². The summed E-state index contributed by atoms with van der Waals surface area (Å²) in [5.74, 6) is 0.848. The van der Waals surface area contributed by atoms with Gasteiger partial charge in [0.1, 0.15) is 9.53 Å². The van der Waals surface area contributed by atoms with Gasteiger partial charge in [0.25, 0.3) is 0 Å². The van der Waals surface area contributed by atoms with Gasteiger partial charge in [0.2, 0.25) is 0 Å². The molecule has 76 valence electrons. The lowest BCUT2D eigenvalue weighted by atomic mass is 10.3. The Balaban J connectivity index is 2.31. The van der Waals surface area contributed by atoms with E-state index in [0.717, 1.165) is 15.2 Å². The molecule has 0 unspecified atom stereocenters. The molecule has 5 nitrogen and oxygen atoms in total. The van der Waals surface area contributed by atoms with Crippen molar-refractivity contribution in [2.24, 2.45) is 0 Å². The predicted octanol–water partition coefficient (Wildman–Crippen LogP) is 1.29. The Morgan fingerprint density at radius 3 is 2.93 bits per heavy atom. The molecule has 14 heavy (non-hydrogen) atoms. The van der Waals surface area contributed by atoms with Crippen molar-refractivity contribution in [2.75, 3.05) is 6.54 Å². The van der Waals surface area contributed by atoms with Crippen molar-refractivity contribution in [1.82, 2.24) is 14.5 Å². The first-order chi connectivity index (χ1) is 6.59. The molecule has 1 aromatic rings. The third-order valence-corrected chi connectivity index (χ3v) is 3.46. The molecule has 2 heterocycles. The van der Waals surface area contributed by atoms with Gasteiger partial charge in [-0.15, -0.1) is 0 Å². The lowest BCUT2D eigenvalue weighted by Gasteiger charge is -2.25. The number of imidazole rings is 1. The van der Waals surface area contributed by atoms with Gasteiger partial charge in [0, 0.05) is 18.8 Å². The fourth-order valence-electron chi connectivity index (χ4n) is 1.61. The van der Waals surface area contributed by atoms with Crippen LogP contribution in [0, 0.1) is 10.6 Å². The molecule has 1 N–H and O–H groups in total. The highest BCUT2D eigenvalue weighted by molar-refractivity contribution is 14.1. The number of hydrogen-bond donors (Lipinski definition) is 1. The van der Waals surface area contributed by atoms with Gasteiger partial charge >= 0.3 is 6.09 Å². The van der Waals surface area contributed by atoms with Crippen LogP contribution in [0.15, 0.2) is 0 Å². The van der Waals surface area contributed by atoms with Gasteiger partial charge in [-0.1, -0.05) is 0 Å². The second kappa shape index (κ2) is 3.41. The van der Waals surface area contributed by atoms with Gasteiger partial charge in [-0.3, -0.25) is 4.90 Å². The van der Waals surface area contributed by atoms with Crippen LogP contribution >= 0.6 is 22.6 Å². The molecule has 0 radical (unpaired) electrons. The molecule has 0 saturated heterocycles. The van der Waals surface area contributed by atoms with Crippen molar-refractivity contribution in [1.29, 1.82) is 0 Å². The molecule has 1 aliphatic heterocycles. The number of fused-ring (bicyclic) bond motifs is 1. The second-order valence-electron chi connectivity index (χ2n) is 3.26. The fourth-order valence-corrected chi connectivity index (χ4v) is 2.18. The van der Waals surface area contributed by atoms with Crippen LogP contribution in [0.5, 0.6) is 0 Å². The molecular formula is C8H10IN3O2. The highest BCUT2D eigenvalue weighted by atomic mass is 127. The third kappa shape index (κ3) is 1.47. The summed E-state index contributed by atoms with van der Waals surface area (Å²) in [7, 11) is 0. The number of aromatic nitrogens is 2. The summed E-state index contributed by atoms with van der Waals surface area (Å²) in [6, 6.07) is 0. The standard InChI is InChI=1S/C8H10IN3O2/c1-5-7(9)10-6-4-11(8(13)14)2-3-12(5)6/h2-4H2,1H3,(H,13,14). The van der Waals surface area contributed by atoms with Crippen molar-refractivity contribution >= 4 is 28.7 Å². The molecule has 0 fully saturated rings. The Hall–Kier alpha value is -0.790. The number of hydrogen-bond acceptors (Lipinski definition) is 2. The number of carboxylic acid groups (broad SMARTS) is 1. The zero-order valence-corrected chi connectivity index (χ0v) is 9.85. The molecule has 0 spiro atoms. The van der Waals surface area contributed by atoms with Crippen molar-refractivity contribution in [3.63, 3.8) is 0 Å². The number of halogens is 1. The first-order valence-corrected chi connectivity index (χ1v) is 5.37. The van der Waals surface area contributed by atoms with Crippen LogP contribution in [0.25, 0.3) is 0 Å². The largest absolute Gasteiger partial charge is 0.465 e. The van der Waals surface area contributed by atoms with Gasteiger partial charge < -0.3 is 9.67 Å². The second-order valence-corrected chi connectivity index (χ2v) is 4.28. The minimum Gasteiger partial charge on any atom is -0.465 e. The summed E-state index contributed by atoms with van der Waals surface area (Å²) in [6.07, 6.45) is -0.869. The summed E-state index contributed by atoms with van der Waals surface area (Å²) in [5.41, 5.74) is 1.13. The van der Waals surface area contributed by atoms with E-state index < -0.39 is 6.09 Å². The number of rotatable bonds is 0. The predicted molar refractivity (Wildman–Crippen MR) is 58.1 cm³/mol. The number of carbonyl (C=O) groups is 1. The van der Waals surface area contributed by atoms with Gasteiger partial charge in [0.15, 0.2) is 0 Å². The lowest BCUT2D eigenvalue weighted by Crippen LogP contribution is -2.37. The van der Waals surface area contributed by atoms with E-state index in [1.165, 1.54) is 4.90 Å². The van der Waals surface area contributed by atoms with Crippen LogP contribution in [-0.4, -0.2) is 32.2 Å². The molecule has 6 heteroatoms. The van der Waals surface area contributed by atoms with E-state index in [1.807, 2.05) is 6.92 Å². The van der Waals surface area contributed by atoms with E-state index in [4.69, 9.17) is 5.11 Å². The molecule has 1 amide bonds. The highest BCUT2D eigenvalue weighted by Crippen LogP contribution is 2.18. The molecule has 0 bridgehead atoms. The zero-order valence-electron chi connectivity index (χ0n) is 7.70. The Morgan fingerprint density at radius 1 is 1.57 bits per heavy atom. The van der Waals surface area contributed by atoms with Gasteiger partial charge in [-0.2, -0.15) is 0 Å². The van der Waals surface area contributed by atoms with Crippen molar-refractivity contribution in [2.45, 2.75) is 20.0 Å². The summed E-state index contributed by atoms with van der Waals surface area (Å²) in [5, 5.41) is 8.83. The maximum absolute atomic E-state index is 10.7. The molecule has 0 aromatic carbocycles. The molecule has 1 aliphatic rings. The first-order valence-electron chi connectivity index (χ1n) is 4.29. The van der Waals surface area contributed by atoms with E-state index in [1.54, 1.807) is 0 Å². The van der Waals surface area contributed by atoms with Crippen molar-refractivity contribution in [3.8, 4) is 0 Å². The van der Waals surface area contributed by atoms with E-state index in [2.05, 4.69) is 32.1 Å². The molecule has 0 atom stereocenters. The Kier molecular flexibility index (Phi) is 2.38. The van der Waals surface area contributed by atoms with Gasteiger partial charge in [-0.25, -0.2) is 9.78 Å². The zero-order chi connectivity index (χ0) is 10.3. The normalized spacial score (nSPS) is 15.4. The molecule has 1 aromatic heterocycles. The molecular weight excluding hydrogens is 297 g/mol. The highest BCUT2D eigenvalue weighted by Gasteiger charge is 2.23. The average Bonchev–Trinajstić information content (AvgIpc) is 2.42. The molecule has 0 aliphatic carbocycles. The van der Waals surface area contributed by atoms with Crippen LogP contribution in [0.2, 0.25) is 0 Å². The topological polar surface area (TPSA) is 58.4 Å². The summed E-state index contributed by atoms with van der Waals surface area (Å²) in [6.45, 7) is 3.67. The van der Waals surface area contributed by atoms with Gasteiger partial charge in [0.05, 0.1) is 6.54 Å². The number of nitrogens with zero attached hydrogens (tertiary/aromatic N) is 3. The Bertz CT molecular complexity index is 388. The van der Waals surface area contributed by atoms with Crippen LogP contribution in [0.3, 0.4) is 0 Å².